The number of fused-ring (bicyclic) bond motifs is 1. The summed E-state index contributed by atoms with van der Waals surface area (Å²) in [5, 5.41) is 10.2. The smallest absolute Gasteiger partial charge is 0.294 e. The van der Waals surface area contributed by atoms with E-state index >= 15 is 0 Å². The van der Waals surface area contributed by atoms with Gasteiger partial charge in [0.25, 0.3) is 10.1 Å². The SMILES string of the molecule is O=S(=O)(O)c1ccc2c(c1)C(O)N(CCCCl)C=C2. The average Bonchev–Trinajstić information content (AvgIpc) is 2.37. The molecule has 1 aliphatic heterocycles. The van der Waals surface area contributed by atoms with Crippen LogP contribution in [0.4, 0.5) is 0 Å². The second-order valence-electron chi connectivity index (χ2n) is 4.24. The Morgan fingerprint density at radius 1 is 1.37 bits per heavy atom. The maximum Gasteiger partial charge on any atom is 0.294 e. The van der Waals surface area contributed by atoms with Gasteiger partial charge in [0.1, 0.15) is 0 Å². The summed E-state index contributed by atoms with van der Waals surface area (Å²) < 4.78 is 31.2. The van der Waals surface area contributed by atoms with E-state index in [2.05, 4.69) is 0 Å². The molecular weight excluding hydrogens is 290 g/mol. The summed E-state index contributed by atoms with van der Waals surface area (Å²) >= 11 is 5.61. The number of rotatable bonds is 4. The van der Waals surface area contributed by atoms with Gasteiger partial charge < -0.3 is 10.0 Å². The van der Waals surface area contributed by atoms with Gasteiger partial charge in [0.15, 0.2) is 6.23 Å². The van der Waals surface area contributed by atoms with E-state index < -0.39 is 16.3 Å². The summed E-state index contributed by atoms with van der Waals surface area (Å²) in [5.41, 5.74) is 1.18. The Hall–Kier alpha value is -1.08. The molecule has 0 aromatic heterocycles. The van der Waals surface area contributed by atoms with Crippen molar-refractivity contribution in [2.24, 2.45) is 0 Å². The third-order valence-corrected chi connectivity index (χ3v) is 4.06. The number of benzene rings is 1. The van der Waals surface area contributed by atoms with Gasteiger partial charge in [-0.15, -0.1) is 11.6 Å². The van der Waals surface area contributed by atoms with Crippen LogP contribution in [-0.4, -0.2) is 35.4 Å². The van der Waals surface area contributed by atoms with Crippen molar-refractivity contribution in [1.29, 1.82) is 0 Å². The molecule has 0 bridgehead atoms. The van der Waals surface area contributed by atoms with Crippen molar-refractivity contribution in [3.63, 3.8) is 0 Å². The van der Waals surface area contributed by atoms with Crippen LogP contribution in [0.25, 0.3) is 6.08 Å². The van der Waals surface area contributed by atoms with Crippen molar-refractivity contribution in [3.8, 4) is 0 Å². The van der Waals surface area contributed by atoms with Crippen molar-refractivity contribution < 1.29 is 18.1 Å². The van der Waals surface area contributed by atoms with Gasteiger partial charge in [-0.2, -0.15) is 8.42 Å². The molecule has 1 unspecified atom stereocenters. The standard InChI is InChI=1S/C12H14ClNO4S/c13-5-1-6-14-7-4-9-2-3-10(19(16,17)18)8-11(9)12(14)15/h2-4,7-8,12,15H,1,5-6H2,(H,16,17,18). The lowest BCUT2D eigenvalue weighted by molar-refractivity contribution is 0.0349. The minimum atomic E-state index is -4.27. The van der Waals surface area contributed by atoms with E-state index in [4.69, 9.17) is 16.2 Å². The summed E-state index contributed by atoms with van der Waals surface area (Å²) in [6.45, 7) is 0.566. The Bertz CT molecular complexity index is 600. The lowest BCUT2D eigenvalue weighted by atomic mass is 10.0. The Balaban J connectivity index is 2.35. The Morgan fingerprint density at radius 2 is 2.11 bits per heavy atom. The average molecular weight is 304 g/mol. The first-order valence-electron chi connectivity index (χ1n) is 5.73. The van der Waals surface area contributed by atoms with Crippen LogP contribution < -0.4 is 0 Å². The van der Waals surface area contributed by atoms with Crippen LogP contribution in [0.5, 0.6) is 0 Å². The normalized spacial score (nSPS) is 18.5. The minimum Gasteiger partial charge on any atom is -0.369 e. The monoisotopic (exact) mass is 303 g/mol. The molecule has 0 spiro atoms. The van der Waals surface area contributed by atoms with Gasteiger partial charge in [-0.3, -0.25) is 4.55 Å². The fraction of sp³-hybridized carbons (Fsp3) is 0.333. The third kappa shape index (κ3) is 3.09. The topological polar surface area (TPSA) is 77.8 Å². The van der Waals surface area contributed by atoms with E-state index in [1.807, 2.05) is 0 Å². The zero-order valence-corrected chi connectivity index (χ0v) is 11.6. The number of hydrogen-bond donors (Lipinski definition) is 2. The van der Waals surface area contributed by atoms with E-state index in [9.17, 15) is 13.5 Å². The third-order valence-electron chi connectivity index (χ3n) is 2.94. The van der Waals surface area contributed by atoms with Crippen LogP contribution >= 0.6 is 11.6 Å². The maximum absolute atomic E-state index is 11.1. The number of halogens is 1. The van der Waals surface area contributed by atoms with Gasteiger partial charge in [-0.05, 0) is 30.2 Å². The molecular formula is C12H14ClNO4S. The van der Waals surface area contributed by atoms with E-state index in [1.165, 1.54) is 12.1 Å². The summed E-state index contributed by atoms with van der Waals surface area (Å²) in [4.78, 5) is 1.44. The first-order chi connectivity index (χ1) is 8.93. The van der Waals surface area contributed by atoms with Crippen molar-refractivity contribution in [2.75, 3.05) is 12.4 Å². The second kappa shape index (κ2) is 5.50. The number of aliphatic hydroxyl groups is 1. The van der Waals surface area contributed by atoms with E-state index in [1.54, 1.807) is 23.2 Å². The molecule has 0 radical (unpaired) electrons. The molecule has 1 aliphatic rings. The molecule has 5 nitrogen and oxygen atoms in total. The van der Waals surface area contributed by atoms with Gasteiger partial charge in [0.05, 0.1) is 4.90 Å². The summed E-state index contributed by atoms with van der Waals surface area (Å²) in [6.07, 6.45) is 3.29. The minimum absolute atomic E-state index is 0.224. The van der Waals surface area contributed by atoms with E-state index in [-0.39, 0.29) is 4.90 Å². The molecule has 0 saturated heterocycles. The molecule has 19 heavy (non-hydrogen) atoms. The number of hydrogen-bond acceptors (Lipinski definition) is 4. The van der Waals surface area contributed by atoms with Crippen LogP contribution in [0, 0.1) is 0 Å². The fourth-order valence-electron chi connectivity index (χ4n) is 1.96. The Morgan fingerprint density at radius 3 is 2.74 bits per heavy atom. The van der Waals surface area contributed by atoms with Crippen LogP contribution in [0.1, 0.15) is 23.8 Å². The van der Waals surface area contributed by atoms with Gasteiger partial charge in [-0.25, -0.2) is 0 Å². The molecule has 0 fully saturated rings. The van der Waals surface area contributed by atoms with Crippen LogP contribution in [0.15, 0.2) is 29.3 Å². The molecule has 2 rings (SSSR count). The van der Waals surface area contributed by atoms with Crippen LogP contribution in [-0.2, 0) is 10.1 Å². The number of aliphatic hydroxyl groups excluding tert-OH is 1. The Kier molecular flexibility index (Phi) is 4.15. The molecule has 1 atom stereocenters. The predicted molar refractivity (Wildman–Crippen MR) is 72.3 cm³/mol. The van der Waals surface area contributed by atoms with Crippen LogP contribution in [0.3, 0.4) is 0 Å². The maximum atomic E-state index is 11.1. The lowest BCUT2D eigenvalue weighted by Gasteiger charge is -2.31. The molecule has 0 amide bonds. The highest BCUT2D eigenvalue weighted by Crippen LogP contribution is 2.30. The highest BCUT2D eigenvalue weighted by atomic mass is 35.5. The first kappa shape index (κ1) is 14.3. The van der Waals surface area contributed by atoms with Crippen molar-refractivity contribution in [3.05, 3.63) is 35.5 Å². The van der Waals surface area contributed by atoms with E-state index in [0.717, 1.165) is 5.56 Å². The summed E-state index contributed by atoms with van der Waals surface area (Å²) in [5.74, 6) is 0.481. The molecule has 104 valence electrons. The zero-order chi connectivity index (χ0) is 14.0. The molecule has 0 aliphatic carbocycles. The van der Waals surface area contributed by atoms with Crippen molar-refractivity contribution in [1.82, 2.24) is 4.90 Å². The lowest BCUT2D eigenvalue weighted by Crippen LogP contribution is -2.27. The summed E-state index contributed by atoms with van der Waals surface area (Å²) in [6, 6.07) is 4.14. The predicted octanol–water partition coefficient (Wildman–Crippen LogP) is 1.84. The van der Waals surface area contributed by atoms with E-state index in [0.29, 0.717) is 24.4 Å². The molecule has 0 saturated carbocycles. The molecule has 1 aromatic rings. The molecule has 7 heteroatoms. The highest BCUT2D eigenvalue weighted by Gasteiger charge is 2.23. The number of alkyl halides is 1. The molecule has 2 N–H and O–H groups in total. The largest absolute Gasteiger partial charge is 0.369 e. The number of nitrogens with zero attached hydrogens (tertiary/aromatic N) is 1. The second-order valence-corrected chi connectivity index (χ2v) is 6.04. The first-order valence-corrected chi connectivity index (χ1v) is 7.70. The van der Waals surface area contributed by atoms with Gasteiger partial charge in [0.2, 0.25) is 0 Å². The molecule has 1 aromatic carbocycles. The zero-order valence-electron chi connectivity index (χ0n) is 10.0. The van der Waals surface area contributed by atoms with Crippen molar-refractivity contribution >= 4 is 27.8 Å². The van der Waals surface area contributed by atoms with Crippen molar-refractivity contribution in [2.45, 2.75) is 17.5 Å². The summed E-state index contributed by atoms with van der Waals surface area (Å²) in [7, 11) is -4.27. The Labute approximate surface area is 116 Å². The van der Waals surface area contributed by atoms with Gasteiger partial charge in [-0.1, -0.05) is 6.07 Å². The van der Waals surface area contributed by atoms with Crippen LogP contribution in [0.2, 0.25) is 0 Å². The highest BCUT2D eigenvalue weighted by molar-refractivity contribution is 7.85. The quantitative estimate of drug-likeness (QED) is 0.655. The van der Waals surface area contributed by atoms with Gasteiger partial charge >= 0.3 is 0 Å². The molecule has 1 heterocycles. The van der Waals surface area contributed by atoms with Gasteiger partial charge in [0, 0.05) is 24.2 Å². The fourth-order valence-corrected chi connectivity index (χ4v) is 2.60.